The number of hydrogen-bond donors (Lipinski definition) is 1. The number of imidazole rings is 1. The minimum absolute atomic E-state index is 0.152. The maximum atomic E-state index is 13.7. The van der Waals surface area contributed by atoms with Crippen molar-refractivity contribution < 1.29 is 9.18 Å². The van der Waals surface area contributed by atoms with Crippen molar-refractivity contribution >= 4 is 17.4 Å². The quantitative estimate of drug-likeness (QED) is 0.577. The Kier molecular flexibility index (Phi) is 4.42. The fourth-order valence-corrected chi connectivity index (χ4v) is 3.06. The second-order valence-electron chi connectivity index (χ2n) is 6.46. The van der Waals surface area contributed by atoms with Gasteiger partial charge in [0.15, 0.2) is 0 Å². The molecule has 0 aliphatic rings. The van der Waals surface area contributed by atoms with Gasteiger partial charge in [0.25, 0.3) is 0 Å². The van der Waals surface area contributed by atoms with E-state index in [0.717, 1.165) is 11.1 Å². The highest BCUT2D eigenvalue weighted by atomic mass is 19.1. The Balaban J connectivity index is 1.75. The number of hydrogen-bond acceptors (Lipinski definition) is 2. The predicted octanol–water partition coefficient (Wildman–Crippen LogP) is 4.63. The number of amides is 1. The van der Waals surface area contributed by atoms with Gasteiger partial charge in [-0.3, -0.25) is 9.20 Å². The normalized spacial score (nSPS) is 10.9. The molecule has 5 heteroatoms. The number of carbonyl (C=O) groups excluding carboxylic acids is 1. The summed E-state index contributed by atoms with van der Waals surface area (Å²) >= 11 is 0. The Bertz CT molecular complexity index is 1120. The Hall–Kier alpha value is -3.47. The number of fused-ring (bicyclic) bond motifs is 1. The predicted molar refractivity (Wildman–Crippen MR) is 104 cm³/mol. The molecule has 2 aromatic carbocycles. The zero-order valence-corrected chi connectivity index (χ0v) is 14.8. The van der Waals surface area contributed by atoms with Gasteiger partial charge >= 0.3 is 0 Å². The largest absolute Gasteiger partial charge is 0.310 e. The van der Waals surface area contributed by atoms with Crippen molar-refractivity contribution in [3.05, 3.63) is 89.9 Å². The second-order valence-corrected chi connectivity index (χ2v) is 6.46. The third-order valence-corrected chi connectivity index (χ3v) is 4.35. The number of pyridine rings is 1. The summed E-state index contributed by atoms with van der Waals surface area (Å²) in [5.74, 6) is 0.0417. The number of aryl methyl sites for hydroxylation is 1. The Morgan fingerprint density at radius 2 is 1.89 bits per heavy atom. The SMILES string of the molecule is Cc1ccn2c(NC(=O)Cc3ccccc3)c(-c3cccc(F)c3)nc2c1. The molecule has 0 saturated heterocycles. The van der Waals surface area contributed by atoms with Crippen molar-refractivity contribution in [3.63, 3.8) is 0 Å². The summed E-state index contributed by atoms with van der Waals surface area (Å²) in [6.45, 7) is 1.98. The molecule has 0 saturated carbocycles. The van der Waals surface area contributed by atoms with Gasteiger partial charge in [-0.25, -0.2) is 9.37 Å². The molecule has 4 nitrogen and oxygen atoms in total. The summed E-state index contributed by atoms with van der Waals surface area (Å²) in [6.07, 6.45) is 2.11. The molecule has 27 heavy (non-hydrogen) atoms. The van der Waals surface area contributed by atoms with Crippen molar-refractivity contribution in [2.24, 2.45) is 0 Å². The molecule has 1 N–H and O–H groups in total. The fourth-order valence-electron chi connectivity index (χ4n) is 3.06. The first-order chi connectivity index (χ1) is 13.1. The van der Waals surface area contributed by atoms with E-state index in [1.54, 1.807) is 12.1 Å². The van der Waals surface area contributed by atoms with Crippen molar-refractivity contribution in [1.82, 2.24) is 9.38 Å². The first kappa shape index (κ1) is 17.0. The number of nitrogens with one attached hydrogen (secondary N) is 1. The number of carbonyl (C=O) groups is 1. The molecular weight excluding hydrogens is 341 g/mol. The number of nitrogens with zero attached hydrogens (tertiary/aromatic N) is 2. The Labute approximate surface area is 156 Å². The highest BCUT2D eigenvalue weighted by Crippen LogP contribution is 2.29. The number of anilines is 1. The lowest BCUT2D eigenvalue weighted by atomic mass is 10.1. The van der Waals surface area contributed by atoms with E-state index in [9.17, 15) is 9.18 Å². The van der Waals surface area contributed by atoms with E-state index in [2.05, 4.69) is 10.3 Å². The van der Waals surface area contributed by atoms with E-state index in [-0.39, 0.29) is 18.1 Å². The molecule has 4 rings (SSSR count). The van der Waals surface area contributed by atoms with Crippen LogP contribution in [0.3, 0.4) is 0 Å². The topological polar surface area (TPSA) is 46.4 Å². The smallest absolute Gasteiger partial charge is 0.229 e. The van der Waals surface area contributed by atoms with Crippen LogP contribution in [0.1, 0.15) is 11.1 Å². The van der Waals surface area contributed by atoms with E-state index in [0.29, 0.717) is 22.7 Å². The maximum Gasteiger partial charge on any atom is 0.229 e. The molecule has 0 aliphatic carbocycles. The van der Waals surface area contributed by atoms with Crippen LogP contribution in [0.25, 0.3) is 16.9 Å². The van der Waals surface area contributed by atoms with Gasteiger partial charge in [-0.05, 0) is 42.3 Å². The number of aromatic nitrogens is 2. The van der Waals surface area contributed by atoms with Crippen molar-refractivity contribution in [3.8, 4) is 11.3 Å². The van der Waals surface area contributed by atoms with Crippen molar-refractivity contribution in [1.29, 1.82) is 0 Å². The third-order valence-electron chi connectivity index (χ3n) is 4.35. The lowest BCUT2D eigenvalue weighted by Crippen LogP contribution is -2.16. The molecule has 2 aromatic heterocycles. The van der Waals surface area contributed by atoms with Crippen LogP contribution < -0.4 is 5.32 Å². The molecule has 134 valence electrons. The summed E-state index contributed by atoms with van der Waals surface area (Å²) in [5.41, 5.74) is 3.84. The van der Waals surface area contributed by atoms with E-state index in [4.69, 9.17) is 0 Å². The van der Waals surface area contributed by atoms with Crippen molar-refractivity contribution in [2.45, 2.75) is 13.3 Å². The molecule has 0 bridgehead atoms. The zero-order valence-electron chi connectivity index (χ0n) is 14.8. The second kappa shape index (κ2) is 7.03. The fraction of sp³-hybridized carbons (Fsp3) is 0.0909. The van der Waals surface area contributed by atoms with Crippen LogP contribution in [0.5, 0.6) is 0 Å². The molecule has 0 radical (unpaired) electrons. The van der Waals surface area contributed by atoms with Crippen LogP contribution in [0.2, 0.25) is 0 Å². The van der Waals surface area contributed by atoms with Gasteiger partial charge in [0, 0.05) is 11.8 Å². The Morgan fingerprint density at radius 1 is 1.07 bits per heavy atom. The van der Waals surface area contributed by atoms with Gasteiger partial charge < -0.3 is 5.32 Å². The summed E-state index contributed by atoms with van der Waals surface area (Å²) < 4.78 is 15.5. The van der Waals surface area contributed by atoms with E-state index >= 15 is 0 Å². The molecule has 0 unspecified atom stereocenters. The van der Waals surface area contributed by atoms with Gasteiger partial charge in [-0.2, -0.15) is 0 Å². The zero-order chi connectivity index (χ0) is 18.8. The highest BCUT2D eigenvalue weighted by molar-refractivity contribution is 5.95. The molecular formula is C22H18FN3O. The molecule has 1 amide bonds. The van der Waals surface area contributed by atoms with Gasteiger partial charge in [-0.15, -0.1) is 0 Å². The summed E-state index contributed by atoms with van der Waals surface area (Å²) in [4.78, 5) is 17.2. The molecule has 0 fully saturated rings. The molecule has 4 aromatic rings. The molecule has 0 atom stereocenters. The number of benzene rings is 2. The van der Waals surface area contributed by atoms with Crippen LogP contribution in [-0.4, -0.2) is 15.3 Å². The van der Waals surface area contributed by atoms with Crippen LogP contribution >= 0.6 is 0 Å². The molecule has 2 heterocycles. The standard InChI is InChI=1S/C22H18FN3O/c1-15-10-11-26-19(12-15)24-21(17-8-5-9-18(23)14-17)22(26)25-20(27)13-16-6-3-2-4-7-16/h2-12,14H,13H2,1H3,(H,25,27). The van der Waals surface area contributed by atoms with E-state index < -0.39 is 0 Å². The molecule has 0 spiro atoms. The Morgan fingerprint density at radius 3 is 2.67 bits per heavy atom. The summed E-state index contributed by atoms with van der Waals surface area (Å²) in [5, 5.41) is 2.96. The lowest BCUT2D eigenvalue weighted by molar-refractivity contribution is -0.115. The van der Waals surface area contributed by atoms with E-state index in [1.807, 2.05) is 60.0 Å². The van der Waals surface area contributed by atoms with Crippen LogP contribution in [-0.2, 0) is 11.2 Å². The number of rotatable bonds is 4. The highest BCUT2D eigenvalue weighted by Gasteiger charge is 2.17. The summed E-state index contributed by atoms with van der Waals surface area (Å²) in [7, 11) is 0. The van der Waals surface area contributed by atoms with Gasteiger partial charge in [-0.1, -0.05) is 42.5 Å². The number of halogens is 1. The van der Waals surface area contributed by atoms with Gasteiger partial charge in [0.1, 0.15) is 23.0 Å². The average Bonchev–Trinajstić information content (AvgIpc) is 3.00. The third kappa shape index (κ3) is 3.58. The summed E-state index contributed by atoms with van der Waals surface area (Å²) in [6, 6.07) is 19.6. The van der Waals surface area contributed by atoms with Crippen LogP contribution in [0.15, 0.2) is 72.9 Å². The van der Waals surface area contributed by atoms with Crippen LogP contribution in [0, 0.1) is 12.7 Å². The van der Waals surface area contributed by atoms with Crippen LogP contribution in [0.4, 0.5) is 10.2 Å². The average molecular weight is 359 g/mol. The van der Waals surface area contributed by atoms with Crippen molar-refractivity contribution in [2.75, 3.05) is 5.32 Å². The van der Waals surface area contributed by atoms with Gasteiger partial charge in [0.2, 0.25) is 5.91 Å². The monoisotopic (exact) mass is 359 g/mol. The first-order valence-electron chi connectivity index (χ1n) is 8.68. The first-order valence-corrected chi connectivity index (χ1v) is 8.68. The minimum Gasteiger partial charge on any atom is -0.310 e. The lowest BCUT2D eigenvalue weighted by Gasteiger charge is -2.08. The maximum absolute atomic E-state index is 13.7. The van der Waals surface area contributed by atoms with Gasteiger partial charge in [0.05, 0.1) is 6.42 Å². The molecule has 0 aliphatic heterocycles. The minimum atomic E-state index is -0.345. The van der Waals surface area contributed by atoms with E-state index in [1.165, 1.54) is 12.1 Å².